The number of benzene rings is 1. The van der Waals surface area contributed by atoms with Gasteiger partial charge >= 0.3 is 0 Å². The van der Waals surface area contributed by atoms with Crippen molar-refractivity contribution in [3.8, 4) is 0 Å². The summed E-state index contributed by atoms with van der Waals surface area (Å²) in [5.41, 5.74) is 0. The Morgan fingerprint density at radius 2 is 0.933 bits per heavy atom. The summed E-state index contributed by atoms with van der Waals surface area (Å²) in [4.78, 5) is 0. The second-order valence-corrected chi connectivity index (χ2v) is 6.86. The van der Waals surface area contributed by atoms with Crippen LogP contribution >= 0.6 is 0 Å². The van der Waals surface area contributed by atoms with Crippen molar-refractivity contribution in [2.45, 2.75) is 13.1 Å². The van der Waals surface area contributed by atoms with Crippen LogP contribution in [0.4, 0.5) is 26.1 Å². The van der Waals surface area contributed by atoms with Crippen LogP contribution in [0.5, 0.6) is 0 Å². The maximum absolute atomic E-state index is 13.3. The summed E-state index contributed by atoms with van der Waals surface area (Å²) in [5.74, 6) is -10.6. The SMILES string of the molecule is C[Si](C)(F)c1c(F)c(F)c(F)c(F)c1F. The molecular weight excluding hydrogens is 238 g/mol. The molecule has 0 bridgehead atoms. The zero-order chi connectivity index (χ0) is 12.0. The highest BCUT2D eigenvalue weighted by atomic mass is 28.4. The summed E-state index contributed by atoms with van der Waals surface area (Å²) in [6, 6.07) is 0. The van der Waals surface area contributed by atoms with Crippen LogP contribution in [0.3, 0.4) is 0 Å². The lowest BCUT2D eigenvalue weighted by Crippen LogP contribution is -2.43. The third-order valence-electron chi connectivity index (χ3n) is 1.80. The molecule has 0 fully saturated rings. The van der Waals surface area contributed by atoms with Gasteiger partial charge in [0.15, 0.2) is 23.3 Å². The summed E-state index contributed by atoms with van der Waals surface area (Å²) in [6.07, 6.45) is 0. The van der Waals surface area contributed by atoms with Gasteiger partial charge in [-0.1, -0.05) is 0 Å². The molecule has 0 atom stereocenters. The van der Waals surface area contributed by atoms with E-state index in [-0.39, 0.29) is 0 Å². The molecule has 0 aromatic heterocycles. The van der Waals surface area contributed by atoms with Crippen LogP contribution in [0.25, 0.3) is 0 Å². The van der Waals surface area contributed by atoms with Crippen LogP contribution < -0.4 is 5.19 Å². The van der Waals surface area contributed by atoms with Crippen LogP contribution in [0.1, 0.15) is 0 Å². The fraction of sp³-hybridized carbons (Fsp3) is 0.250. The highest BCUT2D eigenvalue weighted by Crippen LogP contribution is 2.20. The highest BCUT2D eigenvalue weighted by molar-refractivity contribution is 6.83. The molecule has 0 unspecified atom stereocenters. The van der Waals surface area contributed by atoms with E-state index in [1.54, 1.807) is 0 Å². The molecule has 0 heterocycles. The van der Waals surface area contributed by atoms with Crippen molar-refractivity contribution in [2.24, 2.45) is 0 Å². The van der Waals surface area contributed by atoms with E-state index >= 15 is 0 Å². The van der Waals surface area contributed by atoms with E-state index in [4.69, 9.17) is 0 Å². The van der Waals surface area contributed by atoms with E-state index in [9.17, 15) is 26.1 Å². The average Bonchev–Trinajstić information content (AvgIpc) is 2.09. The van der Waals surface area contributed by atoms with Crippen LogP contribution in [0.2, 0.25) is 13.1 Å². The van der Waals surface area contributed by atoms with Gasteiger partial charge in [-0.2, -0.15) is 0 Å². The Balaban J connectivity index is 3.68. The normalized spacial score (nSPS) is 12.0. The molecular formula is C8H6F6Si. The third-order valence-corrected chi connectivity index (χ3v) is 3.43. The number of rotatable bonds is 1. The molecule has 1 rings (SSSR count). The Bertz CT molecular complexity index is 380. The van der Waals surface area contributed by atoms with Gasteiger partial charge in [-0.15, -0.1) is 0 Å². The molecule has 0 saturated carbocycles. The summed E-state index contributed by atoms with van der Waals surface area (Å²) in [7, 11) is -4.10. The standard InChI is InChI=1S/C8H6F6Si/c1-15(2,14)8-6(12)4(10)3(9)5(11)7(8)13/h1-2H3. The first-order valence-corrected chi connectivity index (χ1v) is 6.76. The molecule has 0 aliphatic heterocycles. The first-order chi connectivity index (χ1) is 6.68. The molecule has 15 heavy (non-hydrogen) atoms. The van der Waals surface area contributed by atoms with Crippen LogP contribution in [0.15, 0.2) is 0 Å². The van der Waals surface area contributed by atoms with E-state index in [0.29, 0.717) is 0 Å². The van der Waals surface area contributed by atoms with Crippen molar-refractivity contribution in [2.75, 3.05) is 0 Å². The molecule has 1 aromatic carbocycles. The van der Waals surface area contributed by atoms with Gasteiger partial charge in [0.05, 0.1) is 0 Å². The van der Waals surface area contributed by atoms with Gasteiger partial charge in [-0.25, -0.2) is 22.0 Å². The number of halogens is 6. The zero-order valence-corrected chi connectivity index (χ0v) is 8.77. The molecule has 0 aliphatic carbocycles. The van der Waals surface area contributed by atoms with E-state index in [1.807, 2.05) is 0 Å². The second kappa shape index (κ2) is 3.55. The Labute approximate surface area is 82.7 Å². The second-order valence-electron chi connectivity index (χ2n) is 3.42. The Morgan fingerprint density at radius 1 is 0.667 bits per heavy atom. The Hall–Kier alpha value is -0.983. The van der Waals surface area contributed by atoms with Gasteiger partial charge in [0.2, 0.25) is 5.82 Å². The average molecular weight is 244 g/mol. The number of hydrogen-bond donors (Lipinski definition) is 0. The molecule has 0 spiro atoms. The first kappa shape index (κ1) is 12.1. The van der Waals surface area contributed by atoms with Crippen molar-refractivity contribution in [1.29, 1.82) is 0 Å². The lowest BCUT2D eigenvalue weighted by Gasteiger charge is -2.14. The molecule has 0 amide bonds. The lowest BCUT2D eigenvalue weighted by atomic mass is 10.3. The molecule has 0 saturated heterocycles. The van der Waals surface area contributed by atoms with E-state index in [0.717, 1.165) is 13.1 Å². The monoisotopic (exact) mass is 244 g/mol. The Morgan fingerprint density at radius 3 is 1.20 bits per heavy atom. The van der Waals surface area contributed by atoms with Gasteiger partial charge in [0, 0.05) is 5.19 Å². The fourth-order valence-electron chi connectivity index (χ4n) is 1.13. The molecule has 1 aromatic rings. The molecule has 0 radical (unpaired) electrons. The minimum absolute atomic E-state index is 0.839. The first-order valence-electron chi connectivity index (χ1n) is 3.88. The summed E-state index contributed by atoms with van der Waals surface area (Å²) in [6.45, 7) is 1.68. The molecule has 0 N–H and O–H groups in total. The third kappa shape index (κ3) is 1.88. The van der Waals surface area contributed by atoms with Gasteiger partial charge in [-0.05, 0) is 13.1 Å². The predicted octanol–water partition coefficient (Wildman–Crippen LogP) is 2.76. The molecule has 0 aliphatic rings. The summed E-state index contributed by atoms with van der Waals surface area (Å²) < 4.78 is 77.1. The maximum atomic E-state index is 13.3. The van der Waals surface area contributed by atoms with Gasteiger partial charge in [0.25, 0.3) is 8.41 Å². The summed E-state index contributed by atoms with van der Waals surface area (Å²) >= 11 is 0. The molecule has 84 valence electrons. The maximum Gasteiger partial charge on any atom is 0.277 e. The van der Waals surface area contributed by atoms with Crippen molar-refractivity contribution < 1.29 is 26.1 Å². The largest absolute Gasteiger partial charge is 0.308 e. The quantitative estimate of drug-likeness (QED) is 0.234. The van der Waals surface area contributed by atoms with Crippen molar-refractivity contribution in [1.82, 2.24) is 0 Å². The minimum Gasteiger partial charge on any atom is -0.308 e. The number of hydrogen-bond acceptors (Lipinski definition) is 0. The smallest absolute Gasteiger partial charge is 0.277 e. The van der Waals surface area contributed by atoms with Crippen molar-refractivity contribution >= 4 is 13.6 Å². The summed E-state index contributed by atoms with van der Waals surface area (Å²) in [5, 5.41) is -1.32. The van der Waals surface area contributed by atoms with Crippen LogP contribution in [0, 0.1) is 29.1 Å². The molecule has 0 nitrogen and oxygen atoms in total. The molecule has 7 heteroatoms. The Kier molecular flexibility index (Phi) is 2.86. The van der Waals surface area contributed by atoms with Crippen molar-refractivity contribution in [3.63, 3.8) is 0 Å². The van der Waals surface area contributed by atoms with Crippen LogP contribution in [-0.4, -0.2) is 8.41 Å². The predicted molar refractivity (Wildman–Crippen MR) is 44.5 cm³/mol. The van der Waals surface area contributed by atoms with E-state index in [1.165, 1.54) is 0 Å². The highest BCUT2D eigenvalue weighted by Gasteiger charge is 2.37. The van der Waals surface area contributed by atoms with Gasteiger partial charge in [0.1, 0.15) is 0 Å². The minimum atomic E-state index is -4.10. The van der Waals surface area contributed by atoms with Crippen molar-refractivity contribution in [3.05, 3.63) is 29.1 Å². The van der Waals surface area contributed by atoms with Gasteiger partial charge < -0.3 is 4.11 Å². The zero-order valence-electron chi connectivity index (χ0n) is 7.77. The lowest BCUT2D eigenvalue weighted by molar-refractivity contribution is 0.383. The van der Waals surface area contributed by atoms with E-state index in [2.05, 4.69) is 0 Å². The fourth-order valence-corrected chi connectivity index (χ4v) is 2.39. The topological polar surface area (TPSA) is 0 Å². The van der Waals surface area contributed by atoms with Gasteiger partial charge in [-0.3, -0.25) is 0 Å². The van der Waals surface area contributed by atoms with Crippen LogP contribution in [-0.2, 0) is 0 Å². The van der Waals surface area contributed by atoms with E-state index < -0.39 is 42.7 Å².